The molecule has 0 spiro atoms. The maximum absolute atomic E-state index is 12.3. The van der Waals surface area contributed by atoms with E-state index in [1.807, 2.05) is 0 Å². The lowest BCUT2D eigenvalue weighted by molar-refractivity contribution is 0.0378. The van der Waals surface area contributed by atoms with Gasteiger partial charge in [0.2, 0.25) is 17.7 Å². The summed E-state index contributed by atoms with van der Waals surface area (Å²) < 4.78 is 21.1. The van der Waals surface area contributed by atoms with E-state index >= 15 is 0 Å². The van der Waals surface area contributed by atoms with Crippen molar-refractivity contribution in [1.29, 1.82) is 0 Å². The normalized spacial score (nSPS) is 14.5. The Morgan fingerprint density at radius 1 is 1.21 bits per heavy atom. The van der Waals surface area contributed by atoms with Crippen LogP contribution in [0.25, 0.3) is 0 Å². The van der Waals surface area contributed by atoms with E-state index in [1.165, 1.54) is 20.5 Å². The molecule has 0 bridgehead atoms. The molecule has 2 aromatic heterocycles. The van der Waals surface area contributed by atoms with Gasteiger partial charge in [-0.05, 0) is 25.1 Å². The minimum atomic E-state index is -0.448. The van der Waals surface area contributed by atoms with E-state index in [2.05, 4.69) is 25.5 Å². The molecular formula is C18H25N5O5. The zero-order chi connectivity index (χ0) is 19.8. The minimum Gasteiger partial charge on any atom is -0.479 e. The minimum absolute atomic E-state index is 0.162. The van der Waals surface area contributed by atoms with Crippen molar-refractivity contribution >= 4 is 17.5 Å². The van der Waals surface area contributed by atoms with Gasteiger partial charge in [-0.25, -0.2) is 0 Å². The van der Waals surface area contributed by atoms with Gasteiger partial charge in [0.25, 0.3) is 5.91 Å². The molecule has 0 saturated carbocycles. The first-order chi connectivity index (χ1) is 13.7. The van der Waals surface area contributed by atoms with E-state index < -0.39 is 5.91 Å². The van der Waals surface area contributed by atoms with Crippen LogP contribution in [-0.4, -0.2) is 74.4 Å². The van der Waals surface area contributed by atoms with Crippen molar-refractivity contribution < 1.29 is 23.4 Å². The number of nitrogens with one attached hydrogen (secondary N) is 2. The summed E-state index contributed by atoms with van der Waals surface area (Å²) in [5, 5.41) is 5.84. The highest BCUT2D eigenvalue weighted by Crippen LogP contribution is 2.32. The summed E-state index contributed by atoms with van der Waals surface area (Å²) in [4.78, 5) is 23.2. The molecule has 0 unspecified atom stereocenters. The fourth-order valence-electron chi connectivity index (χ4n) is 2.81. The average Bonchev–Trinajstić information content (AvgIpc) is 3.27. The van der Waals surface area contributed by atoms with Gasteiger partial charge in [-0.3, -0.25) is 9.69 Å². The molecule has 2 N–H and O–H groups in total. The molecule has 152 valence electrons. The third-order valence-electron chi connectivity index (χ3n) is 4.25. The zero-order valence-corrected chi connectivity index (χ0v) is 16.1. The SMILES string of the molecule is COc1nc(NCCCN2CCOCC2)nc(OC)c1NC(=O)c1ccco1. The highest BCUT2D eigenvalue weighted by Gasteiger charge is 2.20. The molecule has 10 nitrogen and oxygen atoms in total. The Kier molecular flexibility index (Phi) is 7.04. The number of carbonyl (C=O) groups excluding carboxylic acids is 1. The Balaban J connectivity index is 1.62. The summed E-state index contributed by atoms with van der Waals surface area (Å²) >= 11 is 0. The van der Waals surface area contributed by atoms with Crippen LogP contribution in [0.2, 0.25) is 0 Å². The number of morpholine rings is 1. The molecule has 3 rings (SSSR count). The van der Waals surface area contributed by atoms with Crippen molar-refractivity contribution in [1.82, 2.24) is 14.9 Å². The molecule has 1 aliphatic heterocycles. The van der Waals surface area contributed by atoms with Gasteiger partial charge in [-0.1, -0.05) is 0 Å². The monoisotopic (exact) mass is 391 g/mol. The van der Waals surface area contributed by atoms with E-state index in [1.54, 1.807) is 12.1 Å². The second kappa shape index (κ2) is 9.90. The highest BCUT2D eigenvalue weighted by molar-refractivity contribution is 6.03. The van der Waals surface area contributed by atoms with Crippen molar-refractivity contribution in [3.8, 4) is 11.8 Å². The van der Waals surface area contributed by atoms with Gasteiger partial charge < -0.3 is 29.3 Å². The summed E-state index contributed by atoms with van der Waals surface area (Å²) in [6.07, 6.45) is 2.36. The van der Waals surface area contributed by atoms with E-state index in [0.717, 1.165) is 39.3 Å². The molecule has 2 aromatic rings. The molecular weight excluding hydrogens is 366 g/mol. The largest absolute Gasteiger partial charge is 0.479 e. The molecule has 3 heterocycles. The van der Waals surface area contributed by atoms with E-state index in [-0.39, 0.29) is 23.2 Å². The standard InChI is InChI=1S/C18H25N5O5/c1-25-16-14(20-15(24)13-5-3-10-28-13)17(26-2)22-18(21-16)19-6-4-7-23-8-11-27-12-9-23/h3,5,10H,4,6-9,11-12H2,1-2H3,(H,20,24)(H,19,21,22). The maximum atomic E-state index is 12.3. The van der Waals surface area contributed by atoms with Gasteiger partial charge in [0, 0.05) is 19.6 Å². The van der Waals surface area contributed by atoms with Crippen molar-refractivity contribution in [2.45, 2.75) is 6.42 Å². The number of aromatic nitrogens is 2. The molecule has 28 heavy (non-hydrogen) atoms. The maximum Gasteiger partial charge on any atom is 0.291 e. The van der Waals surface area contributed by atoms with Crippen LogP contribution < -0.4 is 20.1 Å². The zero-order valence-electron chi connectivity index (χ0n) is 16.1. The number of nitrogens with zero attached hydrogens (tertiary/aromatic N) is 3. The van der Waals surface area contributed by atoms with Crippen LogP contribution in [0.3, 0.4) is 0 Å². The average molecular weight is 391 g/mol. The van der Waals surface area contributed by atoms with Gasteiger partial charge in [-0.15, -0.1) is 0 Å². The Morgan fingerprint density at radius 2 is 1.93 bits per heavy atom. The topological polar surface area (TPSA) is 111 Å². The van der Waals surface area contributed by atoms with Crippen molar-refractivity contribution in [3.05, 3.63) is 24.2 Å². The van der Waals surface area contributed by atoms with Crippen LogP contribution in [0.1, 0.15) is 17.0 Å². The number of rotatable bonds is 9. The number of furan rings is 1. The first kappa shape index (κ1) is 19.9. The molecule has 1 amide bonds. The van der Waals surface area contributed by atoms with Gasteiger partial charge in [0.05, 0.1) is 33.7 Å². The number of hydrogen-bond donors (Lipinski definition) is 2. The van der Waals surface area contributed by atoms with Crippen LogP contribution in [0, 0.1) is 0 Å². The molecule has 1 fully saturated rings. The lowest BCUT2D eigenvalue weighted by atomic mass is 10.3. The lowest BCUT2D eigenvalue weighted by Crippen LogP contribution is -2.37. The fourth-order valence-corrected chi connectivity index (χ4v) is 2.81. The summed E-state index contributed by atoms with van der Waals surface area (Å²) in [6, 6.07) is 3.18. The van der Waals surface area contributed by atoms with Crippen LogP contribution in [0.4, 0.5) is 11.6 Å². The smallest absolute Gasteiger partial charge is 0.291 e. The van der Waals surface area contributed by atoms with E-state index in [4.69, 9.17) is 18.6 Å². The number of hydrogen-bond acceptors (Lipinski definition) is 9. The quantitative estimate of drug-likeness (QED) is 0.614. The Morgan fingerprint density at radius 3 is 2.54 bits per heavy atom. The van der Waals surface area contributed by atoms with Gasteiger partial charge in [0.1, 0.15) is 0 Å². The molecule has 0 atom stereocenters. The second-order valence-electron chi connectivity index (χ2n) is 6.11. The Bertz CT molecular complexity index is 737. The van der Waals surface area contributed by atoms with Gasteiger partial charge in [-0.2, -0.15) is 9.97 Å². The van der Waals surface area contributed by atoms with Crippen LogP contribution in [-0.2, 0) is 4.74 Å². The van der Waals surface area contributed by atoms with Crippen LogP contribution in [0.15, 0.2) is 22.8 Å². The van der Waals surface area contributed by atoms with E-state index in [0.29, 0.717) is 12.5 Å². The Labute approximate surface area is 163 Å². The van der Waals surface area contributed by atoms with Crippen LogP contribution in [0.5, 0.6) is 11.8 Å². The lowest BCUT2D eigenvalue weighted by Gasteiger charge is -2.26. The molecule has 10 heteroatoms. The predicted octanol–water partition coefficient (Wildman–Crippen LogP) is 1.47. The first-order valence-electron chi connectivity index (χ1n) is 9.10. The molecule has 0 radical (unpaired) electrons. The van der Waals surface area contributed by atoms with Gasteiger partial charge in [0.15, 0.2) is 11.4 Å². The second-order valence-corrected chi connectivity index (χ2v) is 6.11. The first-order valence-corrected chi connectivity index (χ1v) is 9.10. The molecule has 0 aliphatic carbocycles. The number of ether oxygens (including phenoxy) is 3. The van der Waals surface area contributed by atoms with E-state index in [9.17, 15) is 4.79 Å². The van der Waals surface area contributed by atoms with Crippen molar-refractivity contribution in [2.75, 3.05) is 64.2 Å². The Hall–Kier alpha value is -2.85. The number of methoxy groups -OCH3 is 2. The van der Waals surface area contributed by atoms with Crippen molar-refractivity contribution in [2.24, 2.45) is 0 Å². The highest BCUT2D eigenvalue weighted by atomic mass is 16.5. The number of anilines is 2. The van der Waals surface area contributed by atoms with Crippen molar-refractivity contribution in [3.63, 3.8) is 0 Å². The summed E-state index contributed by atoms with van der Waals surface area (Å²) in [5.74, 6) is 0.474. The molecule has 0 aromatic carbocycles. The molecule has 1 aliphatic rings. The third-order valence-corrected chi connectivity index (χ3v) is 4.25. The summed E-state index contributed by atoms with van der Waals surface area (Å²) in [6.45, 7) is 5.17. The van der Waals surface area contributed by atoms with Crippen LogP contribution >= 0.6 is 0 Å². The third kappa shape index (κ3) is 5.11. The summed E-state index contributed by atoms with van der Waals surface area (Å²) in [5.41, 5.74) is 0.241. The molecule has 1 saturated heterocycles. The number of carbonyl (C=O) groups is 1. The predicted molar refractivity (Wildman–Crippen MR) is 102 cm³/mol. The fraction of sp³-hybridized carbons (Fsp3) is 0.500. The number of amides is 1. The summed E-state index contributed by atoms with van der Waals surface area (Å²) in [7, 11) is 2.93. The van der Waals surface area contributed by atoms with Gasteiger partial charge >= 0.3 is 0 Å².